The van der Waals surface area contributed by atoms with Crippen LogP contribution in [0.2, 0.25) is 0 Å². The maximum Gasteiger partial charge on any atom is 0.319 e. The summed E-state index contributed by atoms with van der Waals surface area (Å²) < 4.78 is 1.39. The number of hydrogen-bond acceptors (Lipinski definition) is 4. The van der Waals surface area contributed by atoms with Gasteiger partial charge in [0, 0.05) is 28.9 Å². The SMILES string of the molecule is O=C(O)C1(CCCCN2CCc3c(sc4ccccc34)C2)C=CC=C2C=CN=C21. The quantitative estimate of drug-likeness (QED) is 0.692. The Bertz CT molecular complexity index is 1090. The highest BCUT2D eigenvalue weighted by molar-refractivity contribution is 7.19. The van der Waals surface area contributed by atoms with E-state index in [0.29, 0.717) is 12.1 Å². The van der Waals surface area contributed by atoms with Gasteiger partial charge in [-0.15, -0.1) is 11.3 Å². The van der Waals surface area contributed by atoms with Gasteiger partial charge in [-0.25, -0.2) is 0 Å². The van der Waals surface area contributed by atoms with Gasteiger partial charge in [0.25, 0.3) is 0 Å². The second-order valence-corrected chi connectivity index (χ2v) is 9.17. The van der Waals surface area contributed by atoms with Gasteiger partial charge >= 0.3 is 5.97 Å². The lowest BCUT2D eigenvalue weighted by Crippen LogP contribution is -2.39. The number of carbonyl (C=O) groups is 1. The van der Waals surface area contributed by atoms with Crippen molar-refractivity contribution in [1.29, 1.82) is 0 Å². The first-order valence-electron chi connectivity index (χ1n) is 10.3. The van der Waals surface area contributed by atoms with Crippen LogP contribution in [0, 0.1) is 5.41 Å². The van der Waals surface area contributed by atoms with E-state index in [2.05, 4.69) is 34.2 Å². The molecule has 0 bridgehead atoms. The van der Waals surface area contributed by atoms with E-state index >= 15 is 0 Å². The molecule has 1 aliphatic carbocycles. The molecule has 0 radical (unpaired) electrons. The Labute approximate surface area is 174 Å². The van der Waals surface area contributed by atoms with Gasteiger partial charge in [0.15, 0.2) is 0 Å². The van der Waals surface area contributed by atoms with Crippen molar-refractivity contribution in [1.82, 2.24) is 4.90 Å². The summed E-state index contributed by atoms with van der Waals surface area (Å²) in [5.41, 5.74) is 2.18. The number of allylic oxidation sites excluding steroid dienone is 4. The molecule has 2 aromatic rings. The number of carboxylic acid groups (broad SMARTS) is 1. The third-order valence-electron chi connectivity index (χ3n) is 6.31. The topological polar surface area (TPSA) is 52.9 Å². The van der Waals surface area contributed by atoms with Crippen LogP contribution in [0.15, 0.2) is 65.3 Å². The maximum absolute atomic E-state index is 12.1. The van der Waals surface area contributed by atoms with Crippen molar-refractivity contribution in [2.75, 3.05) is 13.1 Å². The maximum atomic E-state index is 12.1. The average Bonchev–Trinajstić information content (AvgIpc) is 3.35. The summed E-state index contributed by atoms with van der Waals surface area (Å²) in [7, 11) is 0. The van der Waals surface area contributed by atoms with Gasteiger partial charge in [0.2, 0.25) is 0 Å². The lowest BCUT2D eigenvalue weighted by atomic mass is 9.73. The summed E-state index contributed by atoms with van der Waals surface area (Å²) >= 11 is 1.92. The van der Waals surface area contributed by atoms with Crippen LogP contribution in [0.3, 0.4) is 0 Å². The summed E-state index contributed by atoms with van der Waals surface area (Å²) in [5, 5.41) is 11.4. The zero-order valence-corrected chi connectivity index (χ0v) is 17.1. The number of rotatable bonds is 6. The molecule has 0 saturated heterocycles. The van der Waals surface area contributed by atoms with Crippen LogP contribution in [-0.2, 0) is 17.8 Å². The monoisotopic (exact) mass is 404 g/mol. The summed E-state index contributed by atoms with van der Waals surface area (Å²) in [5.74, 6) is -0.797. The van der Waals surface area contributed by atoms with Crippen LogP contribution >= 0.6 is 11.3 Å². The highest BCUT2D eigenvalue weighted by Crippen LogP contribution is 2.38. The van der Waals surface area contributed by atoms with Crippen molar-refractivity contribution in [2.24, 2.45) is 10.4 Å². The molecule has 0 amide bonds. The largest absolute Gasteiger partial charge is 0.480 e. The molecular weight excluding hydrogens is 380 g/mol. The summed E-state index contributed by atoms with van der Waals surface area (Å²) in [6.07, 6.45) is 12.8. The van der Waals surface area contributed by atoms with E-state index < -0.39 is 11.4 Å². The molecule has 0 fully saturated rings. The van der Waals surface area contributed by atoms with E-state index in [1.54, 1.807) is 6.20 Å². The molecule has 1 aromatic carbocycles. The van der Waals surface area contributed by atoms with Gasteiger partial charge in [-0.2, -0.15) is 0 Å². The standard InChI is InChI=1S/C24H24N2O2S/c27-23(28)24(12-5-6-17-9-13-25-22(17)24)11-3-4-14-26-15-10-19-18-7-1-2-8-20(18)29-21(19)16-26/h1-2,5-9,12-13H,3-4,10-11,14-16H2,(H,27,28). The predicted octanol–water partition coefficient (Wildman–Crippen LogP) is 4.97. The van der Waals surface area contributed by atoms with Crippen molar-refractivity contribution < 1.29 is 9.90 Å². The van der Waals surface area contributed by atoms with E-state index in [1.165, 1.54) is 20.5 Å². The fourth-order valence-corrected chi connectivity index (χ4v) is 6.06. The number of fused-ring (bicyclic) bond motifs is 4. The van der Waals surface area contributed by atoms with Crippen LogP contribution in [0.25, 0.3) is 10.1 Å². The number of thiophene rings is 1. The molecule has 29 heavy (non-hydrogen) atoms. The fourth-order valence-electron chi connectivity index (χ4n) is 4.76. The molecule has 4 nitrogen and oxygen atoms in total. The number of hydrogen-bond donors (Lipinski definition) is 1. The number of aliphatic carboxylic acids is 1. The van der Waals surface area contributed by atoms with Crippen molar-refractivity contribution in [3.05, 3.63) is 70.8 Å². The number of unbranched alkanes of at least 4 members (excludes halogenated alkanes) is 1. The van der Waals surface area contributed by atoms with Crippen molar-refractivity contribution in [3.8, 4) is 0 Å². The van der Waals surface area contributed by atoms with Crippen molar-refractivity contribution >= 4 is 33.1 Å². The van der Waals surface area contributed by atoms with Gasteiger partial charge in [0.1, 0.15) is 5.41 Å². The normalized spacial score (nSPS) is 23.0. The molecule has 0 spiro atoms. The molecule has 1 N–H and O–H groups in total. The van der Waals surface area contributed by atoms with Crippen LogP contribution in [-0.4, -0.2) is 34.8 Å². The zero-order chi connectivity index (χ0) is 19.8. The third kappa shape index (κ3) is 3.18. The Kier molecular flexibility index (Phi) is 4.72. The second kappa shape index (κ2) is 7.39. The van der Waals surface area contributed by atoms with Crippen LogP contribution < -0.4 is 0 Å². The van der Waals surface area contributed by atoms with Crippen LogP contribution in [0.5, 0.6) is 0 Å². The average molecular weight is 405 g/mol. The number of benzene rings is 1. The summed E-state index contributed by atoms with van der Waals surface area (Å²) in [6, 6.07) is 8.71. The van der Waals surface area contributed by atoms with E-state index in [9.17, 15) is 9.90 Å². The van der Waals surface area contributed by atoms with E-state index in [0.717, 1.165) is 44.5 Å². The van der Waals surface area contributed by atoms with Gasteiger partial charge in [0.05, 0.1) is 5.71 Å². The summed E-state index contributed by atoms with van der Waals surface area (Å²) in [6.45, 7) is 3.11. The van der Waals surface area contributed by atoms with Crippen LogP contribution in [0.4, 0.5) is 0 Å². The van der Waals surface area contributed by atoms with Gasteiger partial charge < -0.3 is 5.11 Å². The molecule has 3 heterocycles. The Morgan fingerprint density at radius 1 is 1.28 bits per heavy atom. The molecule has 5 rings (SSSR count). The van der Waals surface area contributed by atoms with Gasteiger partial charge in [-0.1, -0.05) is 42.8 Å². The summed E-state index contributed by atoms with van der Waals surface area (Å²) in [4.78, 5) is 20.5. The van der Waals surface area contributed by atoms with E-state index in [-0.39, 0.29) is 0 Å². The molecule has 1 unspecified atom stereocenters. The Morgan fingerprint density at radius 3 is 3.07 bits per heavy atom. The molecule has 5 heteroatoms. The first-order chi connectivity index (χ1) is 14.2. The molecular formula is C24H24N2O2S. The highest BCUT2D eigenvalue weighted by Gasteiger charge is 2.43. The number of aliphatic imine (C=N–C) groups is 1. The Balaban J connectivity index is 1.20. The van der Waals surface area contributed by atoms with Crippen LogP contribution in [0.1, 0.15) is 29.7 Å². The lowest BCUT2D eigenvalue weighted by Gasteiger charge is -2.30. The van der Waals surface area contributed by atoms with Gasteiger partial charge in [-0.05, 0) is 54.5 Å². The predicted molar refractivity (Wildman–Crippen MR) is 119 cm³/mol. The first-order valence-corrected chi connectivity index (χ1v) is 11.1. The molecule has 148 valence electrons. The Morgan fingerprint density at radius 2 is 2.17 bits per heavy atom. The molecule has 3 aliphatic rings. The smallest absolute Gasteiger partial charge is 0.319 e. The van der Waals surface area contributed by atoms with E-state index in [4.69, 9.17) is 0 Å². The Hall–Kier alpha value is -2.50. The molecule has 2 aliphatic heterocycles. The van der Waals surface area contributed by atoms with E-state index in [1.807, 2.05) is 35.6 Å². The first kappa shape index (κ1) is 18.5. The fraction of sp³-hybridized carbons (Fsp3) is 0.333. The zero-order valence-electron chi connectivity index (χ0n) is 16.3. The van der Waals surface area contributed by atoms with Crippen molar-refractivity contribution in [2.45, 2.75) is 32.2 Å². The minimum Gasteiger partial charge on any atom is -0.480 e. The lowest BCUT2D eigenvalue weighted by molar-refractivity contribution is -0.142. The molecule has 0 saturated carbocycles. The number of nitrogens with zero attached hydrogens (tertiary/aromatic N) is 2. The number of carboxylic acids is 1. The molecule has 1 aromatic heterocycles. The second-order valence-electron chi connectivity index (χ2n) is 8.03. The minimum atomic E-state index is -0.978. The van der Waals surface area contributed by atoms with Crippen molar-refractivity contribution in [3.63, 3.8) is 0 Å². The molecule has 1 atom stereocenters. The van der Waals surface area contributed by atoms with Gasteiger partial charge in [-0.3, -0.25) is 14.7 Å². The highest BCUT2D eigenvalue weighted by atomic mass is 32.1. The third-order valence-corrected chi connectivity index (χ3v) is 7.51. The minimum absolute atomic E-state index is 0.596.